The van der Waals surface area contributed by atoms with Crippen LogP contribution in [0.4, 0.5) is 0 Å². The van der Waals surface area contributed by atoms with Crippen LogP contribution in [0.25, 0.3) is 21.9 Å². The maximum Gasteiger partial charge on any atom is 0.335 e. The lowest BCUT2D eigenvalue weighted by molar-refractivity contribution is 0.0697. The molecule has 0 fully saturated rings. The number of carbonyl (C=O) groups is 1. The summed E-state index contributed by atoms with van der Waals surface area (Å²) in [6.45, 7) is 5.19. The first-order chi connectivity index (χ1) is 13.5. The highest BCUT2D eigenvalue weighted by Crippen LogP contribution is 2.32. The van der Waals surface area contributed by atoms with Gasteiger partial charge in [-0.3, -0.25) is 4.79 Å². The molecule has 0 unspecified atom stereocenters. The topological polar surface area (TPSA) is 86.0 Å². The second kappa shape index (κ2) is 8.78. The van der Waals surface area contributed by atoms with Gasteiger partial charge in [-0.25, -0.2) is 4.79 Å². The van der Waals surface area contributed by atoms with Crippen molar-refractivity contribution < 1.29 is 23.8 Å². The van der Waals surface area contributed by atoms with Gasteiger partial charge in [-0.05, 0) is 37.1 Å². The summed E-state index contributed by atoms with van der Waals surface area (Å²) in [7, 11) is 0. The van der Waals surface area contributed by atoms with Crippen molar-refractivity contribution in [2.24, 2.45) is 0 Å². The maximum atomic E-state index is 13.1. The Morgan fingerprint density at radius 3 is 2.39 bits per heavy atom. The molecule has 0 aliphatic carbocycles. The van der Waals surface area contributed by atoms with Gasteiger partial charge in [-0.2, -0.15) is 0 Å². The number of carboxylic acids is 1. The van der Waals surface area contributed by atoms with Gasteiger partial charge in [0, 0.05) is 6.07 Å². The Labute approximate surface area is 162 Å². The molecule has 6 nitrogen and oxygen atoms in total. The number of benzene rings is 2. The Bertz CT molecular complexity index is 1050. The normalized spacial score (nSPS) is 11.1. The van der Waals surface area contributed by atoms with Gasteiger partial charge in [0.1, 0.15) is 11.3 Å². The number of carboxylic acid groups (broad SMARTS) is 1. The van der Waals surface area contributed by atoms with E-state index in [0.29, 0.717) is 41.3 Å². The van der Waals surface area contributed by atoms with Crippen LogP contribution in [-0.4, -0.2) is 24.3 Å². The molecule has 6 heteroatoms. The molecule has 1 aromatic heterocycles. The lowest BCUT2D eigenvalue weighted by Gasteiger charge is -2.12. The zero-order valence-corrected chi connectivity index (χ0v) is 16.1. The molecule has 0 aliphatic rings. The molecule has 2 aromatic carbocycles. The van der Waals surface area contributed by atoms with E-state index in [1.165, 1.54) is 18.2 Å². The molecular weight excluding hydrogens is 360 g/mol. The lowest BCUT2D eigenvalue weighted by atomic mass is 10.1. The van der Waals surface area contributed by atoms with Crippen molar-refractivity contribution in [3.05, 3.63) is 46.1 Å². The van der Waals surface area contributed by atoms with Gasteiger partial charge in [-0.1, -0.05) is 26.7 Å². The van der Waals surface area contributed by atoms with E-state index in [1.807, 2.05) is 0 Å². The smallest absolute Gasteiger partial charge is 0.335 e. The molecule has 0 saturated carbocycles. The largest absolute Gasteiger partial charge is 0.493 e. The molecule has 0 atom stereocenters. The third-order valence-corrected chi connectivity index (χ3v) is 4.48. The first-order valence-corrected chi connectivity index (χ1v) is 9.58. The van der Waals surface area contributed by atoms with Crippen LogP contribution >= 0.6 is 0 Å². The highest BCUT2D eigenvalue weighted by atomic mass is 16.5. The highest BCUT2D eigenvalue weighted by molar-refractivity contribution is 5.97. The summed E-state index contributed by atoms with van der Waals surface area (Å²) in [5, 5.41) is 9.74. The van der Waals surface area contributed by atoms with Crippen LogP contribution < -0.4 is 14.9 Å². The highest BCUT2D eigenvalue weighted by Gasteiger charge is 2.16. The van der Waals surface area contributed by atoms with Crippen molar-refractivity contribution in [2.45, 2.75) is 39.5 Å². The monoisotopic (exact) mass is 384 g/mol. The minimum Gasteiger partial charge on any atom is -0.493 e. The summed E-state index contributed by atoms with van der Waals surface area (Å²) in [4.78, 5) is 24.3. The Morgan fingerprint density at radius 1 is 1.00 bits per heavy atom. The summed E-state index contributed by atoms with van der Waals surface area (Å²) in [5.41, 5.74) is 0.400. The van der Waals surface area contributed by atoms with Gasteiger partial charge < -0.3 is 19.0 Å². The Morgan fingerprint density at radius 2 is 1.71 bits per heavy atom. The molecule has 0 aliphatic heterocycles. The SMILES string of the molecule is CCCCOc1cc(OCCCC)c2oc3ccc(C(=O)O)cc3c(=O)c2c1. The lowest BCUT2D eigenvalue weighted by Crippen LogP contribution is -2.07. The molecule has 0 radical (unpaired) electrons. The molecule has 0 amide bonds. The summed E-state index contributed by atoms with van der Waals surface area (Å²) < 4.78 is 17.6. The number of ether oxygens (including phenoxy) is 2. The molecule has 3 rings (SSSR count). The molecule has 148 valence electrons. The summed E-state index contributed by atoms with van der Waals surface area (Å²) in [5.74, 6) is -0.103. The quantitative estimate of drug-likeness (QED) is 0.413. The fraction of sp³-hybridized carbons (Fsp3) is 0.364. The third kappa shape index (κ3) is 4.11. The predicted octanol–water partition coefficient (Wildman–Crippen LogP) is 5.00. The molecular formula is C22H24O6. The molecule has 3 aromatic rings. The summed E-state index contributed by atoms with van der Waals surface area (Å²) in [6.07, 6.45) is 3.76. The molecule has 1 N–H and O–H groups in total. The van der Waals surface area contributed by atoms with Crippen molar-refractivity contribution in [2.75, 3.05) is 13.2 Å². The number of aromatic carboxylic acids is 1. The van der Waals surface area contributed by atoms with Crippen LogP contribution in [0, 0.1) is 0 Å². The van der Waals surface area contributed by atoms with Crippen LogP contribution in [0.5, 0.6) is 11.5 Å². The van der Waals surface area contributed by atoms with Gasteiger partial charge >= 0.3 is 5.97 Å². The van der Waals surface area contributed by atoms with E-state index in [-0.39, 0.29) is 16.4 Å². The second-order valence-electron chi connectivity index (χ2n) is 6.65. The van der Waals surface area contributed by atoms with E-state index < -0.39 is 5.97 Å². The van der Waals surface area contributed by atoms with E-state index in [2.05, 4.69) is 13.8 Å². The van der Waals surface area contributed by atoms with E-state index in [4.69, 9.17) is 13.9 Å². The third-order valence-electron chi connectivity index (χ3n) is 4.48. The zero-order valence-electron chi connectivity index (χ0n) is 16.1. The van der Waals surface area contributed by atoms with Crippen LogP contribution in [0.3, 0.4) is 0 Å². The number of hydrogen-bond acceptors (Lipinski definition) is 5. The van der Waals surface area contributed by atoms with Crippen molar-refractivity contribution in [3.8, 4) is 11.5 Å². The van der Waals surface area contributed by atoms with E-state index >= 15 is 0 Å². The molecule has 1 heterocycles. The van der Waals surface area contributed by atoms with Gasteiger partial charge in [-0.15, -0.1) is 0 Å². The first kappa shape index (κ1) is 19.7. The average molecular weight is 384 g/mol. The molecule has 0 bridgehead atoms. The first-order valence-electron chi connectivity index (χ1n) is 9.58. The summed E-state index contributed by atoms with van der Waals surface area (Å²) in [6, 6.07) is 7.63. The molecule has 0 spiro atoms. The number of unbranched alkanes of at least 4 members (excludes halogenated alkanes) is 2. The summed E-state index contributed by atoms with van der Waals surface area (Å²) >= 11 is 0. The molecule has 28 heavy (non-hydrogen) atoms. The Kier molecular flexibility index (Phi) is 6.19. The van der Waals surface area contributed by atoms with Gasteiger partial charge in [0.05, 0.1) is 29.5 Å². The van der Waals surface area contributed by atoms with Gasteiger partial charge in [0.15, 0.2) is 11.3 Å². The van der Waals surface area contributed by atoms with Crippen LogP contribution in [0.1, 0.15) is 49.9 Å². The van der Waals surface area contributed by atoms with Crippen molar-refractivity contribution in [3.63, 3.8) is 0 Å². The second-order valence-corrected chi connectivity index (χ2v) is 6.65. The van der Waals surface area contributed by atoms with E-state index in [0.717, 1.165) is 25.7 Å². The van der Waals surface area contributed by atoms with Crippen molar-refractivity contribution in [1.29, 1.82) is 0 Å². The fourth-order valence-electron chi connectivity index (χ4n) is 2.89. The fourth-order valence-corrected chi connectivity index (χ4v) is 2.89. The van der Waals surface area contributed by atoms with Crippen LogP contribution in [-0.2, 0) is 0 Å². The minimum atomic E-state index is -1.10. The average Bonchev–Trinajstić information content (AvgIpc) is 2.69. The number of fused-ring (bicyclic) bond motifs is 2. The van der Waals surface area contributed by atoms with Crippen molar-refractivity contribution >= 4 is 27.9 Å². The number of hydrogen-bond donors (Lipinski definition) is 1. The Hall–Kier alpha value is -3.02. The predicted molar refractivity (Wildman–Crippen MR) is 108 cm³/mol. The standard InChI is InChI=1S/C22H24O6/c1-3-5-9-26-15-12-17-20(23)16-11-14(22(24)25)7-8-18(16)28-21(17)19(13-15)27-10-6-4-2/h7-8,11-13H,3-6,9-10H2,1-2H3,(H,24,25). The van der Waals surface area contributed by atoms with E-state index in [1.54, 1.807) is 12.1 Å². The van der Waals surface area contributed by atoms with Crippen LogP contribution in [0.2, 0.25) is 0 Å². The maximum absolute atomic E-state index is 13.1. The van der Waals surface area contributed by atoms with E-state index in [9.17, 15) is 14.7 Å². The molecule has 0 saturated heterocycles. The van der Waals surface area contributed by atoms with Crippen molar-refractivity contribution in [1.82, 2.24) is 0 Å². The van der Waals surface area contributed by atoms with Crippen LogP contribution in [0.15, 0.2) is 39.5 Å². The number of rotatable bonds is 9. The minimum absolute atomic E-state index is 0.0360. The Balaban J connectivity index is 2.17. The van der Waals surface area contributed by atoms with Gasteiger partial charge in [0.25, 0.3) is 0 Å². The van der Waals surface area contributed by atoms with Gasteiger partial charge in [0.2, 0.25) is 5.43 Å². The zero-order chi connectivity index (χ0) is 20.1.